The second-order valence-corrected chi connectivity index (χ2v) is 5.70. The summed E-state index contributed by atoms with van der Waals surface area (Å²) in [5, 5.41) is 3.22. The van der Waals surface area contributed by atoms with Crippen LogP contribution in [0, 0.1) is 5.41 Å². The normalized spacial score (nSPS) is 11.4. The SMILES string of the molecule is CNCCC(C)(C)CCc1cc(OC)ccc1OC. The molecule has 3 heteroatoms. The van der Waals surface area contributed by atoms with Gasteiger partial charge in [-0.3, -0.25) is 0 Å². The van der Waals surface area contributed by atoms with Gasteiger partial charge in [-0.05, 0) is 62.0 Å². The minimum atomic E-state index is 0.330. The van der Waals surface area contributed by atoms with Crippen LogP contribution in [0.2, 0.25) is 0 Å². The van der Waals surface area contributed by atoms with Crippen molar-refractivity contribution < 1.29 is 9.47 Å². The predicted octanol–water partition coefficient (Wildman–Crippen LogP) is 3.27. The van der Waals surface area contributed by atoms with Crippen molar-refractivity contribution in [1.82, 2.24) is 5.32 Å². The number of nitrogens with one attached hydrogen (secondary N) is 1. The largest absolute Gasteiger partial charge is 0.497 e. The van der Waals surface area contributed by atoms with Gasteiger partial charge in [0, 0.05) is 0 Å². The van der Waals surface area contributed by atoms with E-state index in [2.05, 4.69) is 25.2 Å². The van der Waals surface area contributed by atoms with Crippen molar-refractivity contribution in [2.75, 3.05) is 27.8 Å². The molecule has 0 aliphatic heterocycles. The maximum atomic E-state index is 5.42. The highest BCUT2D eigenvalue weighted by atomic mass is 16.5. The van der Waals surface area contributed by atoms with Crippen LogP contribution in [0.4, 0.5) is 0 Å². The molecule has 19 heavy (non-hydrogen) atoms. The van der Waals surface area contributed by atoms with Gasteiger partial charge in [0.2, 0.25) is 0 Å². The van der Waals surface area contributed by atoms with Crippen molar-refractivity contribution in [2.45, 2.75) is 33.1 Å². The minimum absolute atomic E-state index is 0.330. The van der Waals surface area contributed by atoms with E-state index in [1.54, 1.807) is 14.2 Å². The smallest absolute Gasteiger partial charge is 0.122 e. The summed E-state index contributed by atoms with van der Waals surface area (Å²) in [7, 11) is 5.42. The first-order valence-corrected chi connectivity index (χ1v) is 6.88. The van der Waals surface area contributed by atoms with Gasteiger partial charge < -0.3 is 14.8 Å². The summed E-state index contributed by atoms with van der Waals surface area (Å²) in [4.78, 5) is 0. The van der Waals surface area contributed by atoms with E-state index in [0.717, 1.165) is 30.9 Å². The number of hydrogen-bond acceptors (Lipinski definition) is 3. The lowest BCUT2D eigenvalue weighted by Crippen LogP contribution is -2.20. The first-order chi connectivity index (χ1) is 9.02. The van der Waals surface area contributed by atoms with Crippen LogP contribution in [0.25, 0.3) is 0 Å². The van der Waals surface area contributed by atoms with Crippen molar-refractivity contribution >= 4 is 0 Å². The molecule has 1 aromatic carbocycles. The zero-order chi connectivity index (χ0) is 14.3. The first-order valence-electron chi connectivity index (χ1n) is 6.88. The number of aryl methyl sites for hydroxylation is 1. The van der Waals surface area contributed by atoms with Crippen LogP contribution < -0.4 is 14.8 Å². The average Bonchev–Trinajstić information content (AvgIpc) is 2.42. The Morgan fingerprint density at radius 1 is 1.11 bits per heavy atom. The van der Waals surface area contributed by atoms with Crippen molar-refractivity contribution in [3.63, 3.8) is 0 Å². The second kappa shape index (κ2) is 7.39. The summed E-state index contributed by atoms with van der Waals surface area (Å²) in [6, 6.07) is 6.00. The fourth-order valence-corrected chi connectivity index (χ4v) is 2.14. The van der Waals surface area contributed by atoms with Crippen LogP contribution in [0.1, 0.15) is 32.3 Å². The van der Waals surface area contributed by atoms with Gasteiger partial charge in [0.15, 0.2) is 0 Å². The Labute approximate surface area is 117 Å². The zero-order valence-corrected chi connectivity index (χ0v) is 12.9. The average molecular weight is 265 g/mol. The molecule has 3 nitrogen and oxygen atoms in total. The van der Waals surface area contributed by atoms with Crippen LogP contribution in [-0.4, -0.2) is 27.8 Å². The van der Waals surface area contributed by atoms with Gasteiger partial charge in [0.05, 0.1) is 14.2 Å². The molecule has 0 heterocycles. The first kappa shape index (κ1) is 15.8. The summed E-state index contributed by atoms with van der Waals surface area (Å²) in [5.74, 6) is 1.84. The maximum absolute atomic E-state index is 5.42. The lowest BCUT2D eigenvalue weighted by molar-refractivity contribution is 0.303. The second-order valence-electron chi connectivity index (χ2n) is 5.70. The van der Waals surface area contributed by atoms with Gasteiger partial charge in [-0.25, -0.2) is 0 Å². The number of benzene rings is 1. The Hall–Kier alpha value is -1.22. The Morgan fingerprint density at radius 3 is 2.42 bits per heavy atom. The lowest BCUT2D eigenvalue weighted by atomic mass is 9.83. The Bertz CT molecular complexity index is 388. The third kappa shape index (κ3) is 5.11. The quantitative estimate of drug-likeness (QED) is 0.782. The highest BCUT2D eigenvalue weighted by Crippen LogP contribution is 2.31. The van der Waals surface area contributed by atoms with E-state index in [9.17, 15) is 0 Å². The van der Waals surface area contributed by atoms with Crippen molar-refractivity contribution in [3.8, 4) is 11.5 Å². The van der Waals surface area contributed by atoms with Crippen molar-refractivity contribution in [2.24, 2.45) is 5.41 Å². The number of rotatable bonds is 8. The Morgan fingerprint density at radius 2 is 1.84 bits per heavy atom. The summed E-state index contributed by atoms with van der Waals surface area (Å²) in [5.41, 5.74) is 1.55. The summed E-state index contributed by atoms with van der Waals surface area (Å²) in [6.45, 7) is 5.69. The summed E-state index contributed by atoms with van der Waals surface area (Å²) in [6.07, 6.45) is 3.32. The fourth-order valence-electron chi connectivity index (χ4n) is 2.14. The molecule has 0 atom stereocenters. The molecule has 0 saturated heterocycles. The van der Waals surface area contributed by atoms with Crippen LogP contribution in [0.15, 0.2) is 18.2 Å². The number of hydrogen-bond donors (Lipinski definition) is 1. The van der Waals surface area contributed by atoms with E-state index < -0.39 is 0 Å². The third-order valence-corrected chi connectivity index (χ3v) is 3.61. The van der Waals surface area contributed by atoms with Gasteiger partial charge in [-0.15, -0.1) is 0 Å². The zero-order valence-electron chi connectivity index (χ0n) is 12.9. The lowest BCUT2D eigenvalue weighted by Gasteiger charge is -2.25. The van der Waals surface area contributed by atoms with E-state index in [0.29, 0.717) is 5.41 Å². The summed E-state index contributed by atoms with van der Waals surface area (Å²) >= 11 is 0. The van der Waals surface area contributed by atoms with E-state index in [-0.39, 0.29) is 0 Å². The van der Waals surface area contributed by atoms with E-state index in [4.69, 9.17) is 9.47 Å². The molecular formula is C16H27NO2. The number of ether oxygens (including phenoxy) is 2. The van der Waals surface area contributed by atoms with Crippen LogP contribution >= 0.6 is 0 Å². The Balaban J connectivity index is 2.70. The van der Waals surface area contributed by atoms with Crippen LogP contribution in [0.5, 0.6) is 11.5 Å². The molecule has 0 fully saturated rings. The molecule has 0 aromatic heterocycles. The fraction of sp³-hybridized carbons (Fsp3) is 0.625. The monoisotopic (exact) mass is 265 g/mol. The molecule has 1 rings (SSSR count). The third-order valence-electron chi connectivity index (χ3n) is 3.61. The molecule has 0 saturated carbocycles. The Kier molecular flexibility index (Phi) is 6.16. The van der Waals surface area contributed by atoms with E-state index >= 15 is 0 Å². The predicted molar refractivity (Wildman–Crippen MR) is 80.2 cm³/mol. The van der Waals surface area contributed by atoms with Gasteiger partial charge in [0.25, 0.3) is 0 Å². The summed E-state index contributed by atoms with van der Waals surface area (Å²) < 4.78 is 10.7. The topological polar surface area (TPSA) is 30.5 Å². The molecule has 0 aliphatic rings. The molecule has 0 radical (unpaired) electrons. The van der Waals surface area contributed by atoms with Crippen molar-refractivity contribution in [1.29, 1.82) is 0 Å². The van der Waals surface area contributed by atoms with Gasteiger partial charge in [0.1, 0.15) is 11.5 Å². The molecular weight excluding hydrogens is 238 g/mol. The highest BCUT2D eigenvalue weighted by Gasteiger charge is 2.18. The van der Waals surface area contributed by atoms with Crippen molar-refractivity contribution in [3.05, 3.63) is 23.8 Å². The molecule has 0 bridgehead atoms. The van der Waals surface area contributed by atoms with E-state index in [1.165, 1.54) is 12.0 Å². The molecule has 0 unspecified atom stereocenters. The highest BCUT2D eigenvalue weighted by molar-refractivity contribution is 5.40. The van der Waals surface area contributed by atoms with Crippen LogP contribution in [0.3, 0.4) is 0 Å². The van der Waals surface area contributed by atoms with Gasteiger partial charge >= 0.3 is 0 Å². The molecule has 1 aromatic rings. The maximum Gasteiger partial charge on any atom is 0.122 e. The van der Waals surface area contributed by atoms with Crippen LogP contribution in [-0.2, 0) is 6.42 Å². The molecule has 0 amide bonds. The minimum Gasteiger partial charge on any atom is -0.497 e. The molecule has 1 N–H and O–H groups in total. The van der Waals surface area contributed by atoms with Gasteiger partial charge in [-0.2, -0.15) is 0 Å². The standard InChI is InChI=1S/C16H27NO2/c1-16(2,10-11-17-3)9-8-13-12-14(18-4)6-7-15(13)19-5/h6-7,12,17H,8-11H2,1-5H3. The van der Waals surface area contributed by atoms with Gasteiger partial charge in [-0.1, -0.05) is 13.8 Å². The van der Waals surface area contributed by atoms with E-state index in [1.807, 2.05) is 19.2 Å². The molecule has 108 valence electrons. The molecule has 0 spiro atoms. The number of methoxy groups -OCH3 is 2. The molecule has 0 aliphatic carbocycles.